The first-order chi connectivity index (χ1) is 13.8. The summed E-state index contributed by atoms with van der Waals surface area (Å²) in [6, 6.07) is 4.52. The fraction of sp³-hybridized carbons (Fsp3) is 0.421. The number of halogens is 2. The summed E-state index contributed by atoms with van der Waals surface area (Å²) in [7, 11) is 0. The quantitative estimate of drug-likeness (QED) is 0.682. The third kappa shape index (κ3) is 5.98. The van der Waals surface area contributed by atoms with E-state index in [9.17, 15) is 18.4 Å². The molecule has 10 heteroatoms. The van der Waals surface area contributed by atoms with Crippen LogP contribution in [0.3, 0.4) is 0 Å². The van der Waals surface area contributed by atoms with E-state index in [-0.39, 0.29) is 42.7 Å². The second-order valence-electron chi connectivity index (χ2n) is 7.10. The number of hydrogen-bond donors (Lipinski definition) is 3. The average molecular weight is 408 g/mol. The molecule has 1 aromatic heterocycles. The molecule has 0 aliphatic carbocycles. The zero-order valence-corrected chi connectivity index (χ0v) is 16.0. The molecule has 1 aliphatic rings. The van der Waals surface area contributed by atoms with Gasteiger partial charge in [0, 0.05) is 24.6 Å². The van der Waals surface area contributed by atoms with Crippen molar-refractivity contribution in [2.75, 3.05) is 11.9 Å². The zero-order valence-electron chi connectivity index (χ0n) is 16.0. The van der Waals surface area contributed by atoms with Crippen molar-refractivity contribution in [2.45, 2.75) is 44.9 Å². The average Bonchev–Trinajstić information content (AvgIpc) is 3.22. The number of alkyl carbamates (subject to hydrolysis) is 1. The summed E-state index contributed by atoms with van der Waals surface area (Å²) < 4.78 is 37.3. The molecule has 0 spiro atoms. The number of anilines is 1. The first kappa shape index (κ1) is 20.7. The van der Waals surface area contributed by atoms with Crippen LogP contribution in [0, 0.1) is 11.6 Å². The predicted molar refractivity (Wildman–Crippen MR) is 99.1 cm³/mol. The number of ether oxygens (including phenoxy) is 2. The smallest absolute Gasteiger partial charge is 0.407 e. The van der Waals surface area contributed by atoms with Crippen molar-refractivity contribution in [1.82, 2.24) is 15.5 Å². The van der Waals surface area contributed by atoms with Gasteiger partial charge in [0.05, 0.1) is 18.7 Å². The number of aromatic nitrogens is 2. The van der Waals surface area contributed by atoms with Gasteiger partial charge in [-0.3, -0.25) is 9.89 Å². The van der Waals surface area contributed by atoms with Gasteiger partial charge in [-0.2, -0.15) is 5.10 Å². The highest BCUT2D eigenvalue weighted by Gasteiger charge is 2.31. The lowest BCUT2D eigenvalue weighted by molar-refractivity contribution is -0.115. The molecule has 2 heterocycles. The lowest BCUT2D eigenvalue weighted by Crippen LogP contribution is -2.33. The molecule has 1 saturated heterocycles. The Bertz CT molecular complexity index is 867. The molecule has 1 aliphatic heterocycles. The van der Waals surface area contributed by atoms with Gasteiger partial charge in [-0.05, 0) is 31.5 Å². The SMILES string of the molecule is CC(C)NC(=O)O[C@H]1CO[C@@H](c2cc(NC(=O)Cc3cc(F)cc(F)c3)n[nH]2)C1. The van der Waals surface area contributed by atoms with Crippen LogP contribution in [0.15, 0.2) is 24.3 Å². The summed E-state index contributed by atoms with van der Waals surface area (Å²) >= 11 is 0. The van der Waals surface area contributed by atoms with Gasteiger partial charge in [0.25, 0.3) is 0 Å². The number of aromatic amines is 1. The maximum Gasteiger partial charge on any atom is 0.407 e. The number of nitrogens with one attached hydrogen (secondary N) is 3. The number of carbonyl (C=O) groups excluding carboxylic acids is 2. The lowest BCUT2D eigenvalue weighted by atomic mass is 10.1. The van der Waals surface area contributed by atoms with Gasteiger partial charge in [-0.1, -0.05) is 0 Å². The van der Waals surface area contributed by atoms with Crippen LogP contribution in [0.4, 0.5) is 19.4 Å². The molecule has 29 heavy (non-hydrogen) atoms. The summed E-state index contributed by atoms with van der Waals surface area (Å²) in [5, 5.41) is 12.0. The van der Waals surface area contributed by atoms with E-state index >= 15 is 0 Å². The second-order valence-corrected chi connectivity index (χ2v) is 7.10. The second kappa shape index (κ2) is 8.99. The summed E-state index contributed by atoms with van der Waals surface area (Å²) in [5.74, 6) is -1.70. The Kier molecular flexibility index (Phi) is 6.42. The Morgan fingerprint density at radius 2 is 2.00 bits per heavy atom. The highest BCUT2D eigenvalue weighted by atomic mass is 19.1. The van der Waals surface area contributed by atoms with Crippen molar-refractivity contribution in [1.29, 1.82) is 0 Å². The van der Waals surface area contributed by atoms with Crippen LogP contribution in [0.25, 0.3) is 0 Å². The van der Waals surface area contributed by atoms with Gasteiger partial charge in [-0.25, -0.2) is 13.6 Å². The lowest BCUT2D eigenvalue weighted by Gasteiger charge is -2.13. The van der Waals surface area contributed by atoms with Crippen molar-refractivity contribution in [2.24, 2.45) is 0 Å². The third-order valence-electron chi connectivity index (χ3n) is 4.14. The standard InChI is InChI=1S/C19H22F2N4O4/c1-10(2)22-19(27)29-14-7-16(28-9-14)15-8-17(25-24-15)23-18(26)5-11-3-12(20)6-13(21)4-11/h3-4,6,8,10,14,16H,5,7,9H2,1-2H3,(H,22,27)(H2,23,24,25,26)/t14-,16-/m1/s1. The zero-order chi connectivity index (χ0) is 21.0. The normalized spacial score (nSPS) is 18.7. The van der Waals surface area contributed by atoms with E-state index in [4.69, 9.17) is 9.47 Å². The van der Waals surface area contributed by atoms with Gasteiger partial charge in [0.2, 0.25) is 5.91 Å². The molecule has 3 rings (SSSR count). The maximum atomic E-state index is 13.2. The minimum atomic E-state index is -0.743. The topological polar surface area (TPSA) is 105 Å². The number of hydrogen-bond acceptors (Lipinski definition) is 5. The molecule has 1 fully saturated rings. The van der Waals surface area contributed by atoms with Crippen LogP contribution in [-0.4, -0.2) is 41.0 Å². The Balaban J connectivity index is 1.51. The molecule has 1 aromatic carbocycles. The van der Waals surface area contributed by atoms with Crippen LogP contribution in [0.5, 0.6) is 0 Å². The van der Waals surface area contributed by atoms with E-state index in [1.807, 2.05) is 13.8 Å². The molecule has 156 valence electrons. The Labute approximate surface area is 166 Å². The summed E-state index contributed by atoms with van der Waals surface area (Å²) in [5.41, 5.74) is 0.835. The molecule has 0 saturated carbocycles. The summed E-state index contributed by atoms with van der Waals surface area (Å²) in [6.07, 6.45) is -0.993. The maximum absolute atomic E-state index is 13.2. The minimum Gasteiger partial charge on any atom is -0.444 e. The van der Waals surface area contributed by atoms with Crippen LogP contribution in [0.2, 0.25) is 0 Å². The number of benzene rings is 1. The van der Waals surface area contributed by atoms with E-state index in [0.717, 1.165) is 18.2 Å². The molecule has 0 unspecified atom stereocenters. The molecule has 0 radical (unpaired) electrons. The minimum absolute atomic E-state index is 0.0248. The number of amides is 2. The van der Waals surface area contributed by atoms with E-state index in [0.29, 0.717) is 12.1 Å². The summed E-state index contributed by atoms with van der Waals surface area (Å²) in [4.78, 5) is 23.8. The summed E-state index contributed by atoms with van der Waals surface area (Å²) in [6.45, 7) is 3.92. The van der Waals surface area contributed by atoms with Gasteiger partial charge >= 0.3 is 6.09 Å². The van der Waals surface area contributed by atoms with E-state index in [2.05, 4.69) is 20.8 Å². The van der Waals surface area contributed by atoms with E-state index in [1.54, 1.807) is 6.07 Å². The molecular weight excluding hydrogens is 386 g/mol. The molecule has 2 amide bonds. The van der Waals surface area contributed by atoms with Gasteiger partial charge < -0.3 is 20.1 Å². The van der Waals surface area contributed by atoms with E-state index in [1.165, 1.54) is 0 Å². The first-order valence-corrected chi connectivity index (χ1v) is 9.17. The molecule has 2 aromatic rings. The molecule has 0 bridgehead atoms. The van der Waals surface area contributed by atoms with Crippen LogP contribution < -0.4 is 10.6 Å². The fourth-order valence-corrected chi connectivity index (χ4v) is 2.97. The highest BCUT2D eigenvalue weighted by molar-refractivity contribution is 5.91. The monoisotopic (exact) mass is 408 g/mol. The predicted octanol–water partition coefficient (Wildman–Crippen LogP) is 2.83. The molecule has 8 nitrogen and oxygen atoms in total. The molecular formula is C19H22F2N4O4. The number of nitrogens with zero attached hydrogens (tertiary/aromatic N) is 1. The number of carbonyl (C=O) groups is 2. The fourth-order valence-electron chi connectivity index (χ4n) is 2.97. The van der Waals surface area contributed by atoms with Crippen molar-refractivity contribution in [3.8, 4) is 0 Å². The molecule has 2 atom stereocenters. The Morgan fingerprint density at radius 3 is 2.69 bits per heavy atom. The van der Waals surface area contributed by atoms with Crippen molar-refractivity contribution in [3.63, 3.8) is 0 Å². The van der Waals surface area contributed by atoms with Crippen molar-refractivity contribution < 1.29 is 27.8 Å². The Morgan fingerprint density at radius 1 is 1.28 bits per heavy atom. The van der Waals surface area contributed by atoms with Crippen molar-refractivity contribution in [3.05, 3.63) is 47.2 Å². The van der Waals surface area contributed by atoms with Crippen molar-refractivity contribution >= 4 is 17.8 Å². The highest BCUT2D eigenvalue weighted by Crippen LogP contribution is 2.30. The third-order valence-corrected chi connectivity index (χ3v) is 4.14. The van der Waals surface area contributed by atoms with Gasteiger partial charge in [0.1, 0.15) is 23.8 Å². The number of H-pyrrole nitrogens is 1. The van der Waals surface area contributed by atoms with Crippen LogP contribution in [0.1, 0.15) is 37.6 Å². The van der Waals surface area contributed by atoms with Crippen LogP contribution >= 0.6 is 0 Å². The van der Waals surface area contributed by atoms with E-state index < -0.39 is 23.6 Å². The Hall–Kier alpha value is -3.01. The van der Waals surface area contributed by atoms with Crippen LogP contribution in [-0.2, 0) is 20.7 Å². The molecule has 3 N–H and O–H groups in total. The number of rotatable bonds is 6. The first-order valence-electron chi connectivity index (χ1n) is 9.17. The largest absolute Gasteiger partial charge is 0.444 e. The van der Waals surface area contributed by atoms with Gasteiger partial charge in [0.15, 0.2) is 5.82 Å². The van der Waals surface area contributed by atoms with Gasteiger partial charge in [-0.15, -0.1) is 0 Å².